The Balaban J connectivity index is 0.000000145. The molecule has 4 aromatic carbocycles. The van der Waals surface area contributed by atoms with Gasteiger partial charge in [0.2, 0.25) is 0 Å². The molecule has 1 aromatic heterocycles. The highest BCUT2D eigenvalue weighted by Gasteiger charge is 2.59. The second-order valence-electron chi connectivity index (χ2n) is 23.3. The van der Waals surface area contributed by atoms with E-state index in [1.807, 2.05) is 147 Å². The number of ether oxygens (including phenoxy) is 4. The second-order valence-corrected chi connectivity index (χ2v) is 24.2. The number of rotatable bonds is 6. The van der Waals surface area contributed by atoms with Gasteiger partial charge in [0.15, 0.2) is 0 Å². The molecule has 3 amide bonds. The Hall–Kier alpha value is -6.96. The molecule has 3 fully saturated rings. The zero-order chi connectivity index (χ0) is 56.2. The molecule has 0 aliphatic carbocycles. The first-order valence-corrected chi connectivity index (χ1v) is 27.0. The number of hydrogen-bond acceptors (Lipinski definition) is 13. The van der Waals surface area contributed by atoms with E-state index in [4.69, 9.17) is 28.3 Å². The largest absolute Gasteiger partial charge is 0.498 e. The molecule has 0 bridgehead atoms. The summed E-state index contributed by atoms with van der Waals surface area (Å²) in [6, 6.07) is 27.4. The minimum Gasteiger partial charge on any atom is -0.497 e. The van der Waals surface area contributed by atoms with Crippen LogP contribution in [0.4, 0.5) is 32.3 Å². The summed E-state index contributed by atoms with van der Waals surface area (Å²) < 4.78 is 35.6. The summed E-state index contributed by atoms with van der Waals surface area (Å²) in [4.78, 5) is 61.7. The van der Waals surface area contributed by atoms with Gasteiger partial charge in [0.1, 0.15) is 33.8 Å². The number of methoxy groups -OCH3 is 2. The average molecular weight is 1130 g/mol. The van der Waals surface area contributed by atoms with E-state index in [2.05, 4.69) is 55.6 Å². The molecule has 3 saturated heterocycles. The van der Waals surface area contributed by atoms with E-state index in [0.717, 1.165) is 74.6 Å². The first kappa shape index (κ1) is 55.8. The maximum atomic E-state index is 13.8. The molecular formula is C59H69BBrN7O10. The number of halogens is 1. The van der Waals surface area contributed by atoms with Crippen molar-refractivity contribution in [3.63, 3.8) is 0 Å². The van der Waals surface area contributed by atoms with Crippen molar-refractivity contribution in [2.75, 3.05) is 53.9 Å². The van der Waals surface area contributed by atoms with Crippen LogP contribution >= 0.6 is 15.9 Å². The average Bonchev–Trinajstić information content (AvgIpc) is 4.33. The lowest BCUT2D eigenvalue weighted by Crippen LogP contribution is -2.56. The maximum absolute atomic E-state index is 13.8. The van der Waals surface area contributed by atoms with Crippen molar-refractivity contribution in [3.05, 3.63) is 125 Å². The molecule has 78 heavy (non-hydrogen) atoms. The van der Waals surface area contributed by atoms with E-state index in [0.29, 0.717) is 36.3 Å². The topological polar surface area (TPSA) is 176 Å². The number of allylic oxidation sites excluding steroid dienone is 1. The highest BCUT2D eigenvalue weighted by atomic mass is 79.9. The standard InChI is InChI=1S/C23H25BrN2O4.C22H21N3O2.C14H23BN2O4/c1-22(2,3)30-21(28)26-19-13-18(29-4)10-5-15(19)14-23(26)11-12-25(20(23)27)17-8-6-16(24)7-9-17;1-27-19-7-4-16-13-22(24-20(16)12-19)9-11-25(21(22)26)18-5-2-15(3-6-18)17-8-10-23-14-17;1-12(2,3)19-11(18)17-9-10(8-16-17)15-20-13(4,5)14(6,7)21-15/h5-10,13H,11-12,14H2,1-4H3;2-8,12,14,24H,9-11,13H2,1H3;8-9H,1-7H3. The van der Waals surface area contributed by atoms with Gasteiger partial charge < -0.3 is 43.4 Å². The molecule has 0 saturated carbocycles. The Morgan fingerprint density at radius 3 is 1.90 bits per heavy atom. The molecule has 6 aliphatic heterocycles. The molecule has 2 spiro atoms. The minimum atomic E-state index is -0.996. The van der Waals surface area contributed by atoms with Crippen LogP contribution in [0.1, 0.15) is 98.8 Å². The van der Waals surface area contributed by atoms with Gasteiger partial charge in [-0.05, 0) is 153 Å². The monoisotopic (exact) mass is 1130 g/mol. The zero-order valence-electron chi connectivity index (χ0n) is 46.6. The van der Waals surface area contributed by atoms with Crippen molar-refractivity contribution in [2.24, 2.45) is 4.99 Å². The predicted molar refractivity (Wildman–Crippen MR) is 307 cm³/mol. The molecule has 7 heterocycles. The summed E-state index contributed by atoms with van der Waals surface area (Å²) in [7, 11) is 2.71. The Morgan fingerprint density at radius 2 is 1.29 bits per heavy atom. The van der Waals surface area contributed by atoms with Crippen molar-refractivity contribution in [2.45, 2.75) is 128 Å². The van der Waals surface area contributed by atoms with Crippen molar-refractivity contribution in [1.29, 1.82) is 0 Å². The van der Waals surface area contributed by atoms with Gasteiger partial charge in [-0.15, -0.1) is 0 Å². The number of aromatic nitrogens is 2. The van der Waals surface area contributed by atoms with Gasteiger partial charge in [-0.1, -0.05) is 46.3 Å². The van der Waals surface area contributed by atoms with Crippen LogP contribution in [0.15, 0.2) is 113 Å². The van der Waals surface area contributed by atoms with E-state index in [9.17, 15) is 19.2 Å². The van der Waals surface area contributed by atoms with Gasteiger partial charge in [0.05, 0.1) is 37.7 Å². The van der Waals surface area contributed by atoms with Crippen LogP contribution in [-0.2, 0) is 41.2 Å². The number of benzene rings is 4. The zero-order valence-corrected chi connectivity index (χ0v) is 48.1. The number of carbonyl (C=O) groups is 4. The fourth-order valence-corrected chi connectivity index (χ4v) is 10.6. The number of amides is 3. The smallest absolute Gasteiger partial charge is 0.497 e. The second kappa shape index (κ2) is 21.0. The third-order valence-electron chi connectivity index (χ3n) is 15.0. The third-order valence-corrected chi connectivity index (χ3v) is 15.5. The van der Waals surface area contributed by atoms with Gasteiger partial charge in [-0.25, -0.2) is 9.59 Å². The van der Waals surface area contributed by atoms with Gasteiger partial charge in [-0.2, -0.15) is 9.78 Å². The summed E-state index contributed by atoms with van der Waals surface area (Å²) in [5, 5.41) is 7.51. The lowest BCUT2D eigenvalue weighted by molar-refractivity contribution is -0.121. The quantitative estimate of drug-likeness (QED) is 0.160. The Kier molecular flexibility index (Phi) is 15.0. The fourth-order valence-electron chi connectivity index (χ4n) is 10.3. The van der Waals surface area contributed by atoms with Crippen molar-refractivity contribution < 1.29 is 47.4 Å². The molecule has 19 heteroatoms. The molecule has 2 atom stereocenters. The first-order chi connectivity index (χ1) is 36.7. The molecule has 11 rings (SSSR count). The highest BCUT2D eigenvalue weighted by molar-refractivity contribution is 9.10. The van der Waals surface area contributed by atoms with Gasteiger partial charge in [-0.3, -0.25) is 19.5 Å². The number of nitrogens with one attached hydrogen (secondary N) is 1. The van der Waals surface area contributed by atoms with Crippen LogP contribution in [0, 0.1) is 0 Å². The maximum Gasteiger partial charge on any atom is 0.498 e. The molecule has 17 nitrogen and oxygen atoms in total. The van der Waals surface area contributed by atoms with E-state index in [-0.39, 0.29) is 11.8 Å². The molecule has 6 aliphatic rings. The van der Waals surface area contributed by atoms with Crippen LogP contribution in [0.2, 0.25) is 0 Å². The number of fused-ring (bicyclic) bond motifs is 2. The van der Waals surface area contributed by atoms with Gasteiger partial charge in [0.25, 0.3) is 11.8 Å². The molecule has 1 N–H and O–H groups in total. The highest BCUT2D eigenvalue weighted by Crippen LogP contribution is 2.48. The number of aliphatic imine (C=N–C) groups is 1. The van der Waals surface area contributed by atoms with E-state index in [1.165, 1.54) is 5.56 Å². The minimum absolute atomic E-state index is 0.0918. The Bertz CT molecular complexity index is 3170. The SMILES string of the molecule is CC(C)(C)OC(=O)n1cc(B2OC(C)(C)C(C)(C)O2)cn1.COc1ccc2c(c1)N(C(=O)OC(C)(C)C)C1(CCN(c3ccc(Br)cc3)C1=O)C2.COc1ccc2c(c1)NC1(CCN(c3ccc(C4=CCN=C4)cc3)C1=O)C2. The number of anilines is 4. The number of hydrogen-bond donors (Lipinski definition) is 1. The Labute approximate surface area is 465 Å². The van der Waals surface area contributed by atoms with Crippen LogP contribution in [0.5, 0.6) is 11.5 Å². The number of nitrogens with zero attached hydrogens (tertiary/aromatic N) is 6. The van der Waals surface area contributed by atoms with Gasteiger partial charge in [0, 0.05) is 83.7 Å². The molecule has 410 valence electrons. The van der Waals surface area contributed by atoms with Crippen LogP contribution in [0.3, 0.4) is 0 Å². The fraction of sp³-hybridized carbons (Fsp3) is 0.424. The van der Waals surface area contributed by atoms with Crippen molar-refractivity contribution in [1.82, 2.24) is 9.78 Å². The Morgan fingerprint density at radius 1 is 0.718 bits per heavy atom. The summed E-state index contributed by atoms with van der Waals surface area (Å²) in [5.74, 6) is 1.49. The van der Waals surface area contributed by atoms with Gasteiger partial charge >= 0.3 is 19.3 Å². The normalized spacial score (nSPS) is 21.4. The third kappa shape index (κ3) is 11.2. The van der Waals surface area contributed by atoms with Crippen LogP contribution in [-0.4, -0.2) is 114 Å². The summed E-state index contributed by atoms with van der Waals surface area (Å²) >= 11 is 3.43. The lowest BCUT2D eigenvalue weighted by atomic mass is 9.82. The lowest BCUT2D eigenvalue weighted by Gasteiger charge is -2.35. The van der Waals surface area contributed by atoms with E-state index in [1.54, 1.807) is 36.4 Å². The van der Waals surface area contributed by atoms with E-state index < -0.39 is 52.8 Å². The number of carbonyl (C=O) groups excluding carboxylic acids is 4. The first-order valence-electron chi connectivity index (χ1n) is 26.2. The molecule has 2 unspecified atom stereocenters. The summed E-state index contributed by atoms with van der Waals surface area (Å²) in [5.41, 5.74) is 4.93. The molecular weight excluding hydrogens is 1060 g/mol. The van der Waals surface area contributed by atoms with Crippen LogP contribution in [0.25, 0.3) is 5.57 Å². The van der Waals surface area contributed by atoms with Crippen LogP contribution < -0.4 is 35.0 Å². The van der Waals surface area contributed by atoms with Crippen molar-refractivity contribution >= 4 is 87.0 Å². The van der Waals surface area contributed by atoms with E-state index >= 15 is 0 Å². The molecule has 5 aromatic rings. The predicted octanol–water partition coefficient (Wildman–Crippen LogP) is 10.2. The summed E-state index contributed by atoms with van der Waals surface area (Å²) in [6.07, 6.45) is 8.62. The van der Waals surface area contributed by atoms with Crippen molar-refractivity contribution in [3.8, 4) is 11.5 Å². The summed E-state index contributed by atoms with van der Waals surface area (Å²) in [6.45, 7) is 20.8. The molecule has 0 radical (unpaired) electrons.